The molecule has 1 N–H and O–H groups in total. The summed E-state index contributed by atoms with van der Waals surface area (Å²) in [7, 11) is 0. The molecule has 27 heavy (non-hydrogen) atoms. The first-order chi connectivity index (χ1) is 13.2. The Balaban J connectivity index is 1.30. The van der Waals surface area contributed by atoms with Crippen LogP contribution in [0, 0.1) is 5.92 Å². The third-order valence-corrected chi connectivity index (χ3v) is 6.17. The summed E-state index contributed by atoms with van der Waals surface area (Å²) in [6, 6.07) is 16.8. The molecular formula is C23H27ClN2O. The number of rotatable bonds is 4. The van der Waals surface area contributed by atoms with Crippen LogP contribution in [-0.2, 0) is 17.8 Å². The number of hydrogen-bond donors (Lipinski definition) is 1. The number of piperidine rings is 1. The fourth-order valence-corrected chi connectivity index (χ4v) is 4.65. The highest BCUT2D eigenvalue weighted by atomic mass is 35.5. The summed E-state index contributed by atoms with van der Waals surface area (Å²) in [4.78, 5) is 15.3. The first-order valence-corrected chi connectivity index (χ1v) is 10.4. The van der Waals surface area contributed by atoms with Crippen LogP contribution in [0.15, 0.2) is 48.5 Å². The van der Waals surface area contributed by atoms with Crippen molar-refractivity contribution in [2.24, 2.45) is 5.92 Å². The highest BCUT2D eigenvalue weighted by Gasteiger charge is 2.28. The lowest BCUT2D eigenvalue weighted by molar-refractivity contribution is -0.127. The number of amides is 1. The summed E-state index contributed by atoms with van der Waals surface area (Å²) < 4.78 is 0. The Morgan fingerprint density at radius 2 is 1.89 bits per heavy atom. The molecule has 4 rings (SSSR count). The first kappa shape index (κ1) is 18.5. The Morgan fingerprint density at radius 1 is 1.07 bits per heavy atom. The van der Waals surface area contributed by atoms with Gasteiger partial charge in [0.25, 0.3) is 0 Å². The van der Waals surface area contributed by atoms with Gasteiger partial charge in [-0.05, 0) is 74.0 Å². The van der Waals surface area contributed by atoms with Crippen LogP contribution < -0.4 is 5.32 Å². The number of fused-ring (bicyclic) bond motifs is 1. The summed E-state index contributed by atoms with van der Waals surface area (Å²) in [5, 5.41) is 4.13. The number of carbonyl (C=O) groups is 1. The molecule has 0 radical (unpaired) electrons. The second-order valence-corrected chi connectivity index (χ2v) is 8.27. The van der Waals surface area contributed by atoms with E-state index in [4.69, 9.17) is 11.6 Å². The molecule has 2 aliphatic rings. The van der Waals surface area contributed by atoms with Crippen molar-refractivity contribution >= 4 is 17.5 Å². The smallest absolute Gasteiger partial charge is 0.223 e. The molecule has 1 amide bonds. The molecule has 4 heteroatoms. The van der Waals surface area contributed by atoms with Crippen LogP contribution in [0.2, 0.25) is 5.02 Å². The van der Waals surface area contributed by atoms with E-state index in [1.54, 1.807) is 0 Å². The number of likely N-dealkylation sites (tertiary alicyclic amines) is 1. The number of nitrogens with one attached hydrogen (secondary N) is 1. The number of benzene rings is 2. The molecule has 0 bridgehead atoms. The minimum Gasteiger partial charge on any atom is -0.349 e. The summed E-state index contributed by atoms with van der Waals surface area (Å²) in [6.07, 6.45) is 5.20. The molecule has 3 nitrogen and oxygen atoms in total. The summed E-state index contributed by atoms with van der Waals surface area (Å²) in [6.45, 7) is 2.84. The van der Waals surface area contributed by atoms with E-state index in [0.717, 1.165) is 56.8 Å². The van der Waals surface area contributed by atoms with Gasteiger partial charge in [-0.3, -0.25) is 9.69 Å². The van der Waals surface area contributed by atoms with Crippen molar-refractivity contribution in [3.8, 4) is 0 Å². The molecule has 0 spiro atoms. The Labute approximate surface area is 166 Å². The fourth-order valence-electron chi connectivity index (χ4n) is 4.44. The van der Waals surface area contributed by atoms with Crippen LogP contribution in [0.25, 0.3) is 0 Å². The summed E-state index contributed by atoms with van der Waals surface area (Å²) in [5.74, 6) is 0.369. The van der Waals surface area contributed by atoms with Crippen LogP contribution in [0.5, 0.6) is 0 Å². The van der Waals surface area contributed by atoms with Crippen LogP contribution >= 0.6 is 11.6 Å². The predicted molar refractivity (Wildman–Crippen MR) is 110 cm³/mol. The first-order valence-electron chi connectivity index (χ1n) is 10.0. The monoisotopic (exact) mass is 382 g/mol. The van der Waals surface area contributed by atoms with Gasteiger partial charge in [0.05, 0.1) is 6.04 Å². The van der Waals surface area contributed by atoms with Gasteiger partial charge in [-0.1, -0.05) is 48.0 Å². The molecule has 142 valence electrons. The molecule has 1 heterocycles. The highest BCUT2D eigenvalue weighted by molar-refractivity contribution is 6.30. The minimum absolute atomic E-state index is 0.134. The number of hydrogen-bond acceptors (Lipinski definition) is 2. The standard InChI is InChI=1S/C23H27ClN2O/c24-20-8-3-5-17(15-20)16-26-13-11-19(12-14-26)23(27)25-22-10-4-7-18-6-1-2-9-21(18)22/h1-3,5-6,8-9,15,19,22H,4,7,10-14,16H2,(H,25,27)/t22-/m0/s1. The quantitative estimate of drug-likeness (QED) is 0.827. The molecule has 0 aromatic heterocycles. The summed E-state index contributed by atoms with van der Waals surface area (Å²) >= 11 is 6.08. The van der Waals surface area contributed by atoms with Gasteiger partial charge in [0.1, 0.15) is 0 Å². The van der Waals surface area contributed by atoms with Gasteiger partial charge < -0.3 is 5.32 Å². The molecule has 2 aromatic rings. The average molecular weight is 383 g/mol. The van der Waals surface area contributed by atoms with Gasteiger partial charge in [-0.15, -0.1) is 0 Å². The molecule has 0 saturated carbocycles. The maximum absolute atomic E-state index is 12.8. The maximum atomic E-state index is 12.8. The Hall–Kier alpha value is -1.84. The number of carbonyl (C=O) groups excluding carboxylic acids is 1. The molecular weight excluding hydrogens is 356 g/mol. The van der Waals surface area contributed by atoms with Gasteiger partial charge in [0.2, 0.25) is 5.91 Å². The van der Waals surface area contributed by atoms with Gasteiger partial charge in [-0.25, -0.2) is 0 Å². The minimum atomic E-state index is 0.134. The lowest BCUT2D eigenvalue weighted by Gasteiger charge is -2.33. The lowest BCUT2D eigenvalue weighted by atomic mass is 9.87. The third kappa shape index (κ3) is 4.53. The normalized spacial score (nSPS) is 20.9. The van der Waals surface area contributed by atoms with E-state index in [-0.39, 0.29) is 17.9 Å². The van der Waals surface area contributed by atoms with Crippen molar-refractivity contribution in [2.75, 3.05) is 13.1 Å². The van der Waals surface area contributed by atoms with Crippen LogP contribution in [-0.4, -0.2) is 23.9 Å². The Kier molecular flexibility index (Phi) is 5.80. The number of nitrogens with zero attached hydrogens (tertiary/aromatic N) is 1. The van der Waals surface area contributed by atoms with E-state index in [2.05, 4.69) is 40.5 Å². The van der Waals surface area contributed by atoms with E-state index in [0.29, 0.717) is 0 Å². The van der Waals surface area contributed by atoms with Gasteiger partial charge in [-0.2, -0.15) is 0 Å². The van der Waals surface area contributed by atoms with E-state index in [1.807, 2.05) is 18.2 Å². The Morgan fingerprint density at radius 3 is 2.70 bits per heavy atom. The zero-order chi connectivity index (χ0) is 18.6. The van der Waals surface area contributed by atoms with Crippen LogP contribution in [0.3, 0.4) is 0 Å². The maximum Gasteiger partial charge on any atom is 0.223 e. The second-order valence-electron chi connectivity index (χ2n) is 7.83. The SMILES string of the molecule is O=C(N[C@H]1CCCc2ccccc21)C1CCN(Cc2cccc(Cl)c2)CC1. The van der Waals surface area contributed by atoms with Crippen molar-refractivity contribution in [2.45, 2.75) is 44.7 Å². The van der Waals surface area contributed by atoms with Crippen LogP contribution in [0.4, 0.5) is 0 Å². The largest absolute Gasteiger partial charge is 0.349 e. The molecule has 1 aliphatic carbocycles. The van der Waals surface area contributed by atoms with Gasteiger partial charge in [0, 0.05) is 17.5 Å². The number of halogens is 1. The van der Waals surface area contributed by atoms with E-state index < -0.39 is 0 Å². The fraction of sp³-hybridized carbons (Fsp3) is 0.435. The van der Waals surface area contributed by atoms with Crippen molar-refractivity contribution in [3.05, 3.63) is 70.2 Å². The third-order valence-electron chi connectivity index (χ3n) is 5.94. The molecule has 1 aliphatic heterocycles. The van der Waals surface area contributed by atoms with Crippen molar-refractivity contribution in [3.63, 3.8) is 0 Å². The van der Waals surface area contributed by atoms with Crippen molar-refractivity contribution < 1.29 is 4.79 Å². The lowest BCUT2D eigenvalue weighted by Crippen LogP contribution is -2.41. The average Bonchev–Trinajstić information content (AvgIpc) is 2.69. The zero-order valence-corrected chi connectivity index (χ0v) is 16.4. The molecule has 1 saturated heterocycles. The van der Waals surface area contributed by atoms with Gasteiger partial charge >= 0.3 is 0 Å². The van der Waals surface area contributed by atoms with Gasteiger partial charge in [0.15, 0.2) is 0 Å². The second kappa shape index (κ2) is 8.45. The Bertz CT molecular complexity index is 798. The molecule has 0 unspecified atom stereocenters. The van der Waals surface area contributed by atoms with E-state index in [9.17, 15) is 4.79 Å². The zero-order valence-electron chi connectivity index (χ0n) is 15.7. The molecule has 2 aromatic carbocycles. The van der Waals surface area contributed by atoms with Crippen molar-refractivity contribution in [1.82, 2.24) is 10.2 Å². The topological polar surface area (TPSA) is 32.3 Å². The molecule has 1 fully saturated rings. The summed E-state index contributed by atoms with van der Waals surface area (Å²) in [5.41, 5.74) is 3.95. The van der Waals surface area contributed by atoms with E-state index in [1.165, 1.54) is 16.7 Å². The van der Waals surface area contributed by atoms with Crippen LogP contribution in [0.1, 0.15) is 48.4 Å². The van der Waals surface area contributed by atoms with E-state index >= 15 is 0 Å². The highest BCUT2D eigenvalue weighted by Crippen LogP contribution is 2.30. The number of aryl methyl sites for hydroxylation is 1. The molecule has 1 atom stereocenters. The van der Waals surface area contributed by atoms with Crippen molar-refractivity contribution in [1.29, 1.82) is 0 Å². The predicted octanol–water partition coefficient (Wildman–Crippen LogP) is 4.75.